The van der Waals surface area contributed by atoms with Crippen molar-refractivity contribution in [1.29, 1.82) is 0 Å². The summed E-state index contributed by atoms with van der Waals surface area (Å²) in [4.78, 5) is 15.2. The van der Waals surface area contributed by atoms with Gasteiger partial charge in [-0.1, -0.05) is 33.6 Å². The maximum Gasteiger partial charge on any atom is 0.230 e. The van der Waals surface area contributed by atoms with E-state index in [-0.39, 0.29) is 5.41 Å². The number of likely N-dealkylation sites (tertiary alicyclic amines) is 1. The smallest absolute Gasteiger partial charge is 0.230 e. The molecule has 1 amide bonds. The number of carbonyl (C=O) groups is 1. The van der Waals surface area contributed by atoms with Gasteiger partial charge in [-0.2, -0.15) is 0 Å². The van der Waals surface area contributed by atoms with Crippen molar-refractivity contribution in [2.45, 2.75) is 72.3 Å². The summed E-state index contributed by atoms with van der Waals surface area (Å²) in [6.45, 7) is 10.1. The van der Waals surface area contributed by atoms with Crippen LogP contribution in [0.1, 0.15) is 66.2 Å². The van der Waals surface area contributed by atoms with Gasteiger partial charge in [0.25, 0.3) is 0 Å². The third kappa shape index (κ3) is 3.71. The van der Waals surface area contributed by atoms with Gasteiger partial charge in [-0.15, -0.1) is 0 Å². The topological polar surface area (TPSA) is 46.3 Å². The fourth-order valence-corrected chi connectivity index (χ4v) is 3.46. The second-order valence-corrected chi connectivity index (χ2v) is 6.47. The lowest BCUT2D eigenvalue weighted by atomic mass is 9.77. The summed E-state index contributed by atoms with van der Waals surface area (Å²) in [6, 6.07) is 0.378. The zero-order valence-electron chi connectivity index (χ0n) is 13.2. The fraction of sp³-hybridized carbons (Fsp3) is 0.938. The number of nitrogens with two attached hydrogens (primary N) is 1. The lowest BCUT2D eigenvalue weighted by Crippen LogP contribution is -2.54. The minimum atomic E-state index is -0.311. The Morgan fingerprint density at radius 3 is 2.26 bits per heavy atom. The van der Waals surface area contributed by atoms with Crippen molar-refractivity contribution in [2.75, 3.05) is 13.1 Å². The minimum absolute atomic E-state index is 0.311. The highest BCUT2D eigenvalue weighted by Crippen LogP contribution is 2.34. The standard InChI is InChI=1S/C16H32N2O/c1-5-9-16(12-17,10-6-2)15(19)18-11-13(3)7-8-14(18)4/h13-14H,5-12,17H2,1-4H3. The molecular weight excluding hydrogens is 236 g/mol. The van der Waals surface area contributed by atoms with Gasteiger partial charge in [0.2, 0.25) is 5.91 Å². The molecule has 3 nitrogen and oxygen atoms in total. The van der Waals surface area contributed by atoms with Gasteiger partial charge in [0, 0.05) is 19.1 Å². The van der Waals surface area contributed by atoms with Crippen LogP contribution in [-0.4, -0.2) is 29.9 Å². The van der Waals surface area contributed by atoms with E-state index in [4.69, 9.17) is 5.73 Å². The van der Waals surface area contributed by atoms with Crippen LogP contribution in [0.3, 0.4) is 0 Å². The highest BCUT2D eigenvalue weighted by Gasteiger charge is 2.41. The first-order chi connectivity index (χ1) is 9.00. The molecule has 1 heterocycles. The highest BCUT2D eigenvalue weighted by molar-refractivity contribution is 5.83. The molecule has 2 N–H and O–H groups in total. The first-order valence-corrected chi connectivity index (χ1v) is 8.01. The molecular formula is C16H32N2O. The van der Waals surface area contributed by atoms with Crippen LogP contribution in [0.4, 0.5) is 0 Å². The van der Waals surface area contributed by atoms with Crippen LogP contribution < -0.4 is 5.73 Å². The van der Waals surface area contributed by atoms with Gasteiger partial charge in [-0.3, -0.25) is 4.79 Å². The SMILES string of the molecule is CCCC(CN)(CCC)C(=O)N1CC(C)CCC1C. The molecule has 3 heteroatoms. The normalized spacial score (nSPS) is 24.6. The lowest BCUT2D eigenvalue weighted by molar-refractivity contribution is -0.147. The van der Waals surface area contributed by atoms with Crippen LogP contribution in [0.15, 0.2) is 0 Å². The van der Waals surface area contributed by atoms with Crippen LogP contribution in [0.2, 0.25) is 0 Å². The quantitative estimate of drug-likeness (QED) is 0.804. The molecule has 112 valence electrons. The lowest BCUT2D eigenvalue weighted by Gasteiger charge is -2.43. The van der Waals surface area contributed by atoms with Crippen LogP contribution in [0.5, 0.6) is 0 Å². The van der Waals surface area contributed by atoms with E-state index >= 15 is 0 Å². The van der Waals surface area contributed by atoms with Crippen LogP contribution >= 0.6 is 0 Å². The molecule has 1 aliphatic heterocycles. The molecule has 0 aromatic carbocycles. The van der Waals surface area contributed by atoms with Crippen molar-refractivity contribution in [1.82, 2.24) is 4.90 Å². The number of rotatable bonds is 6. The molecule has 1 aliphatic rings. The van der Waals surface area contributed by atoms with Gasteiger partial charge >= 0.3 is 0 Å². The summed E-state index contributed by atoms with van der Waals surface area (Å²) in [7, 11) is 0. The molecule has 0 saturated carbocycles. The molecule has 0 bridgehead atoms. The number of carbonyl (C=O) groups excluding carboxylic acids is 1. The molecule has 0 aromatic rings. The molecule has 1 rings (SSSR count). The van der Waals surface area contributed by atoms with Crippen molar-refractivity contribution in [3.63, 3.8) is 0 Å². The van der Waals surface area contributed by atoms with Crippen molar-refractivity contribution in [2.24, 2.45) is 17.1 Å². The van der Waals surface area contributed by atoms with E-state index in [1.165, 1.54) is 6.42 Å². The Morgan fingerprint density at radius 2 is 1.79 bits per heavy atom. The van der Waals surface area contributed by atoms with E-state index < -0.39 is 0 Å². The van der Waals surface area contributed by atoms with Crippen molar-refractivity contribution < 1.29 is 4.79 Å². The number of nitrogens with zero attached hydrogens (tertiary/aromatic N) is 1. The molecule has 0 aliphatic carbocycles. The van der Waals surface area contributed by atoms with E-state index in [2.05, 4.69) is 32.6 Å². The summed E-state index contributed by atoms with van der Waals surface area (Å²) < 4.78 is 0. The second kappa shape index (κ2) is 7.28. The van der Waals surface area contributed by atoms with Crippen molar-refractivity contribution in [3.05, 3.63) is 0 Å². The Morgan fingerprint density at radius 1 is 1.21 bits per heavy atom. The van der Waals surface area contributed by atoms with E-state index in [9.17, 15) is 4.79 Å². The molecule has 0 radical (unpaired) electrons. The second-order valence-electron chi connectivity index (χ2n) is 6.47. The summed E-state index contributed by atoms with van der Waals surface area (Å²) in [5.74, 6) is 0.941. The minimum Gasteiger partial charge on any atom is -0.339 e. The predicted molar refractivity (Wildman–Crippen MR) is 80.9 cm³/mol. The molecule has 1 saturated heterocycles. The van der Waals surface area contributed by atoms with Crippen molar-refractivity contribution in [3.8, 4) is 0 Å². The Balaban J connectivity index is 2.90. The molecule has 2 atom stereocenters. The summed E-state index contributed by atoms with van der Waals surface area (Å²) in [5.41, 5.74) is 5.71. The maximum absolute atomic E-state index is 13.0. The van der Waals surface area contributed by atoms with E-state index in [1.54, 1.807) is 0 Å². The zero-order chi connectivity index (χ0) is 14.5. The van der Waals surface area contributed by atoms with Crippen molar-refractivity contribution >= 4 is 5.91 Å². The third-order valence-electron chi connectivity index (χ3n) is 4.68. The van der Waals surface area contributed by atoms with E-state index in [1.807, 2.05) is 0 Å². The first kappa shape index (κ1) is 16.5. The van der Waals surface area contributed by atoms with Crippen LogP contribution in [-0.2, 0) is 4.79 Å². The predicted octanol–water partition coefficient (Wildman–Crippen LogP) is 3.18. The maximum atomic E-state index is 13.0. The molecule has 0 spiro atoms. The van der Waals surface area contributed by atoms with Gasteiger partial charge in [-0.05, 0) is 38.5 Å². The third-order valence-corrected chi connectivity index (χ3v) is 4.68. The highest BCUT2D eigenvalue weighted by atomic mass is 16.2. The zero-order valence-corrected chi connectivity index (χ0v) is 13.2. The average molecular weight is 268 g/mol. The fourth-order valence-electron chi connectivity index (χ4n) is 3.46. The monoisotopic (exact) mass is 268 g/mol. The Bertz CT molecular complexity index is 284. The van der Waals surface area contributed by atoms with E-state index in [0.29, 0.717) is 24.4 Å². The van der Waals surface area contributed by atoms with Crippen LogP contribution in [0, 0.1) is 11.3 Å². The largest absolute Gasteiger partial charge is 0.339 e. The first-order valence-electron chi connectivity index (χ1n) is 8.01. The van der Waals surface area contributed by atoms with Gasteiger partial charge in [-0.25, -0.2) is 0 Å². The number of hydrogen-bond acceptors (Lipinski definition) is 2. The number of piperidine rings is 1. The Kier molecular flexibility index (Phi) is 6.31. The van der Waals surface area contributed by atoms with E-state index in [0.717, 1.165) is 38.6 Å². The molecule has 19 heavy (non-hydrogen) atoms. The summed E-state index contributed by atoms with van der Waals surface area (Å²) in [5, 5.41) is 0. The van der Waals surface area contributed by atoms with Gasteiger partial charge in [0.1, 0.15) is 0 Å². The number of amides is 1. The number of hydrogen-bond donors (Lipinski definition) is 1. The average Bonchev–Trinajstić information content (AvgIpc) is 2.40. The van der Waals surface area contributed by atoms with Gasteiger partial charge in [0.05, 0.1) is 5.41 Å². The summed E-state index contributed by atoms with van der Waals surface area (Å²) >= 11 is 0. The molecule has 0 aromatic heterocycles. The Hall–Kier alpha value is -0.570. The molecule has 1 fully saturated rings. The molecule has 2 unspecified atom stereocenters. The van der Waals surface area contributed by atoms with Gasteiger partial charge < -0.3 is 10.6 Å². The van der Waals surface area contributed by atoms with Crippen LogP contribution in [0.25, 0.3) is 0 Å². The van der Waals surface area contributed by atoms with Gasteiger partial charge in [0.15, 0.2) is 0 Å². The Labute approximate surface area is 118 Å². The summed E-state index contributed by atoms with van der Waals surface area (Å²) in [6.07, 6.45) is 6.27.